The number of thioether (sulfide) groups is 1. The zero-order valence-corrected chi connectivity index (χ0v) is 18.9. The molecule has 2 aromatic carbocycles. The fourth-order valence-electron chi connectivity index (χ4n) is 2.83. The van der Waals surface area contributed by atoms with Gasteiger partial charge in [-0.3, -0.25) is 19.3 Å². The average Bonchev–Trinajstić information content (AvgIpc) is 3.03. The molecule has 1 fully saturated rings. The topological polar surface area (TPSA) is 92.8 Å². The molecule has 9 heteroatoms. The highest BCUT2D eigenvalue weighted by Crippen LogP contribution is 2.32. The molecule has 7 nitrogen and oxygen atoms in total. The van der Waals surface area contributed by atoms with Crippen molar-refractivity contribution in [2.75, 3.05) is 18.5 Å². The van der Waals surface area contributed by atoms with Crippen molar-refractivity contribution < 1.29 is 23.9 Å². The van der Waals surface area contributed by atoms with Gasteiger partial charge < -0.3 is 10.1 Å². The van der Waals surface area contributed by atoms with Crippen molar-refractivity contribution in [3.8, 4) is 0 Å². The first-order chi connectivity index (χ1) is 15.4. The van der Waals surface area contributed by atoms with E-state index in [4.69, 9.17) is 16.3 Å². The number of ether oxygens (including phenoxy) is 1. The molecule has 0 spiro atoms. The van der Waals surface area contributed by atoms with Gasteiger partial charge >= 0.3 is 5.97 Å². The maximum atomic E-state index is 12.6. The van der Waals surface area contributed by atoms with Crippen LogP contribution in [0.25, 0.3) is 6.08 Å². The van der Waals surface area contributed by atoms with Gasteiger partial charge in [-0.15, -0.1) is 0 Å². The van der Waals surface area contributed by atoms with Crippen LogP contribution in [-0.4, -0.2) is 41.1 Å². The monoisotopic (exact) mass is 472 g/mol. The number of anilines is 1. The second kappa shape index (κ2) is 11.0. The van der Waals surface area contributed by atoms with E-state index >= 15 is 0 Å². The van der Waals surface area contributed by atoms with Crippen LogP contribution in [0.2, 0.25) is 5.02 Å². The van der Waals surface area contributed by atoms with Gasteiger partial charge in [-0.1, -0.05) is 55.3 Å². The van der Waals surface area contributed by atoms with Gasteiger partial charge in [0.15, 0.2) is 0 Å². The Kier molecular flexibility index (Phi) is 8.08. The van der Waals surface area contributed by atoms with E-state index in [9.17, 15) is 19.2 Å². The van der Waals surface area contributed by atoms with Gasteiger partial charge in [-0.25, -0.2) is 4.79 Å². The molecule has 1 aliphatic rings. The highest BCUT2D eigenvalue weighted by molar-refractivity contribution is 8.18. The zero-order valence-electron chi connectivity index (χ0n) is 17.3. The molecule has 32 heavy (non-hydrogen) atoms. The minimum atomic E-state index is -0.587. The Balaban J connectivity index is 1.65. The minimum absolute atomic E-state index is 0.123. The lowest BCUT2D eigenvalue weighted by Gasteiger charge is -2.13. The molecular weight excluding hydrogens is 452 g/mol. The van der Waals surface area contributed by atoms with Crippen molar-refractivity contribution in [3.63, 3.8) is 0 Å². The number of hydrogen-bond donors (Lipinski definition) is 1. The number of esters is 1. The summed E-state index contributed by atoms with van der Waals surface area (Å²) in [5.41, 5.74) is 1.20. The molecule has 2 aromatic rings. The number of unbranched alkanes of at least 4 members (excludes halogenated alkanes) is 1. The van der Waals surface area contributed by atoms with Gasteiger partial charge in [-0.2, -0.15) is 0 Å². The second-order valence-corrected chi connectivity index (χ2v) is 8.31. The van der Waals surface area contributed by atoms with Crippen LogP contribution in [0.1, 0.15) is 35.7 Å². The maximum Gasteiger partial charge on any atom is 0.339 e. The number of nitrogens with one attached hydrogen (secondary N) is 1. The number of rotatable bonds is 8. The highest BCUT2D eigenvalue weighted by Gasteiger charge is 2.36. The predicted molar refractivity (Wildman–Crippen MR) is 124 cm³/mol. The molecule has 3 rings (SSSR count). The number of halogens is 1. The summed E-state index contributed by atoms with van der Waals surface area (Å²) in [6.07, 6.45) is 3.22. The van der Waals surface area contributed by atoms with Crippen LogP contribution < -0.4 is 5.32 Å². The van der Waals surface area contributed by atoms with Crippen LogP contribution >= 0.6 is 23.4 Å². The molecule has 0 bridgehead atoms. The van der Waals surface area contributed by atoms with Crippen LogP contribution in [0.5, 0.6) is 0 Å². The van der Waals surface area contributed by atoms with Crippen molar-refractivity contribution in [2.24, 2.45) is 0 Å². The van der Waals surface area contributed by atoms with Crippen molar-refractivity contribution in [1.29, 1.82) is 0 Å². The first-order valence-corrected chi connectivity index (χ1v) is 11.2. The number of benzene rings is 2. The number of imide groups is 1. The molecule has 166 valence electrons. The smallest absolute Gasteiger partial charge is 0.339 e. The van der Waals surface area contributed by atoms with E-state index < -0.39 is 29.6 Å². The molecule has 0 atom stereocenters. The lowest BCUT2D eigenvalue weighted by molar-refractivity contribution is -0.127. The number of amides is 3. The third-order valence-corrected chi connectivity index (χ3v) is 5.71. The molecule has 0 radical (unpaired) electrons. The average molecular weight is 473 g/mol. The van der Waals surface area contributed by atoms with E-state index in [0.717, 1.165) is 35.1 Å². The van der Waals surface area contributed by atoms with Gasteiger partial charge in [0.2, 0.25) is 5.91 Å². The summed E-state index contributed by atoms with van der Waals surface area (Å²) in [6, 6.07) is 13.5. The Hall–Kier alpha value is -3.10. The number of hydrogen-bond acceptors (Lipinski definition) is 6. The van der Waals surface area contributed by atoms with Crippen LogP contribution in [0.4, 0.5) is 10.5 Å². The van der Waals surface area contributed by atoms with Crippen molar-refractivity contribution in [2.45, 2.75) is 19.8 Å². The lowest BCUT2D eigenvalue weighted by atomic mass is 10.2. The standard InChI is InChI=1S/C23H21ClN2O5S/c1-2-3-11-31-22(29)17-13-16(9-10-18(17)24)25-20(27)14-26-21(28)19(32-23(26)30)12-15-7-5-4-6-8-15/h4-10,12-13H,2-3,11,14H2,1H3,(H,25,27)/b19-12+. The summed E-state index contributed by atoms with van der Waals surface area (Å²) in [5, 5.41) is 2.26. The molecule has 0 aromatic heterocycles. The third-order valence-electron chi connectivity index (χ3n) is 4.47. The summed E-state index contributed by atoms with van der Waals surface area (Å²) < 4.78 is 5.16. The summed E-state index contributed by atoms with van der Waals surface area (Å²) in [5.74, 6) is -1.70. The fourth-order valence-corrected chi connectivity index (χ4v) is 3.86. The summed E-state index contributed by atoms with van der Waals surface area (Å²) in [4.78, 5) is 50.6. The van der Waals surface area contributed by atoms with Crippen molar-refractivity contribution >= 4 is 58.1 Å². The predicted octanol–water partition coefficient (Wildman–Crippen LogP) is 4.97. The highest BCUT2D eigenvalue weighted by atomic mass is 35.5. The van der Waals surface area contributed by atoms with E-state index in [1.807, 2.05) is 37.3 Å². The Morgan fingerprint density at radius 1 is 1.16 bits per heavy atom. The Bertz CT molecular complexity index is 1070. The fraction of sp³-hybridized carbons (Fsp3) is 0.217. The Morgan fingerprint density at radius 2 is 1.91 bits per heavy atom. The Labute approximate surface area is 194 Å². The van der Waals surface area contributed by atoms with Gasteiger partial charge in [0, 0.05) is 5.69 Å². The summed E-state index contributed by atoms with van der Waals surface area (Å²) >= 11 is 6.86. The number of carbonyl (C=O) groups is 4. The molecule has 1 N–H and O–H groups in total. The first kappa shape index (κ1) is 23.6. The summed E-state index contributed by atoms with van der Waals surface area (Å²) in [7, 11) is 0. The van der Waals surface area contributed by atoms with Crippen LogP contribution in [0.15, 0.2) is 53.4 Å². The van der Waals surface area contributed by atoms with Gasteiger partial charge in [0.25, 0.3) is 11.1 Å². The van der Waals surface area contributed by atoms with Gasteiger partial charge in [0.05, 0.1) is 22.1 Å². The molecule has 0 saturated carbocycles. The van der Waals surface area contributed by atoms with Gasteiger partial charge in [-0.05, 0) is 48.0 Å². The normalized spacial score (nSPS) is 14.7. The molecule has 0 unspecified atom stereocenters. The minimum Gasteiger partial charge on any atom is -0.462 e. The largest absolute Gasteiger partial charge is 0.462 e. The van der Waals surface area contributed by atoms with E-state index in [-0.39, 0.29) is 22.1 Å². The van der Waals surface area contributed by atoms with E-state index in [1.165, 1.54) is 18.2 Å². The number of carbonyl (C=O) groups excluding carboxylic acids is 4. The summed E-state index contributed by atoms with van der Waals surface area (Å²) in [6.45, 7) is 1.80. The molecule has 1 aliphatic heterocycles. The SMILES string of the molecule is CCCCOC(=O)c1cc(NC(=O)CN2C(=O)S/C(=C/c3ccccc3)C2=O)ccc1Cl. The number of nitrogens with zero attached hydrogens (tertiary/aromatic N) is 1. The lowest BCUT2D eigenvalue weighted by Crippen LogP contribution is -2.36. The second-order valence-electron chi connectivity index (χ2n) is 6.91. The first-order valence-electron chi connectivity index (χ1n) is 9.96. The van der Waals surface area contributed by atoms with Crippen molar-refractivity contribution in [1.82, 2.24) is 4.90 Å². The molecule has 0 aliphatic carbocycles. The molecule has 1 saturated heterocycles. The van der Waals surface area contributed by atoms with Gasteiger partial charge in [0.1, 0.15) is 6.54 Å². The zero-order chi connectivity index (χ0) is 23.1. The Morgan fingerprint density at radius 3 is 2.62 bits per heavy atom. The van der Waals surface area contributed by atoms with E-state index in [0.29, 0.717) is 5.69 Å². The van der Waals surface area contributed by atoms with Crippen LogP contribution in [0.3, 0.4) is 0 Å². The van der Waals surface area contributed by atoms with E-state index in [2.05, 4.69) is 5.32 Å². The maximum absolute atomic E-state index is 12.6. The third kappa shape index (κ3) is 5.99. The molecule has 1 heterocycles. The quantitative estimate of drug-likeness (QED) is 0.331. The van der Waals surface area contributed by atoms with Crippen LogP contribution in [0, 0.1) is 0 Å². The van der Waals surface area contributed by atoms with Crippen molar-refractivity contribution in [3.05, 3.63) is 69.6 Å². The molecular formula is C23H21ClN2O5S. The van der Waals surface area contributed by atoms with Crippen LogP contribution in [-0.2, 0) is 14.3 Å². The van der Waals surface area contributed by atoms with E-state index in [1.54, 1.807) is 6.08 Å². The molecule has 3 amide bonds.